The molecule has 0 saturated carbocycles. The molecule has 124 valence electrons. The molecule has 1 aromatic rings. The van der Waals surface area contributed by atoms with Crippen molar-refractivity contribution < 1.29 is 4.74 Å². The van der Waals surface area contributed by atoms with Crippen LogP contribution in [0, 0.1) is 5.41 Å². The van der Waals surface area contributed by atoms with Crippen LogP contribution < -0.4 is 4.74 Å². The second-order valence-corrected chi connectivity index (χ2v) is 7.59. The highest BCUT2D eigenvalue weighted by Crippen LogP contribution is 2.51. The Hall–Kier alpha value is -0.980. The fraction of sp³-hybridized carbons (Fsp3) is 0.714. The third-order valence-electron chi connectivity index (χ3n) is 5.66. The minimum Gasteiger partial charge on any atom is -0.487 e. The van der Waals surface area contributed by atoms with E-state index in [0.717, 1.165) is 5.75 Å². The molecule has 0 atom stereocenters. The standard InChI is InChI=1S/C21H34O/c1-5-7-11-15-21(16-12-8-6-2)17-18-13-9-10-14-19(18)22-20(21,3)4/h9-10,13-14H,5-8,11-12,15-17H2,1-4H3. The van der Waals surface area contributed by atoms with E-state index in [2.05, 4.69) is 52.0 Å². The molecule has 1 aliphatic rings. The number of para-hydroxylation sites is 1. The van der Waals surface area contributed by atoms with Gasteiger partial charge in [0.1, 0.15) is 11.4 Å². The maximum absolute atomic E-state index is 6.50. The van der Waals surface area contributed by atoms with Gasteiger partial charge in [-0.3, -0.25) is 0 Å². The molecule has 1 heterocycles. The Labute approximate surface area is 137 Å². The first-order valence-corrected chi connectivity index (χ1v) is 9.31. The Bertz CT molecular complexity index is 451. The zero-order chi connectivity index (χ0) is 16.1. The molecule has 22 heavy (non-hydrogen) atoms. The van der Waals surface area contributed by atoms with E-state index in [1.54, 1.807) is 0 Å². The van der Waals surface area contributed by atoms with Gasteiger partial charge in [0.2, 0.25) is 0 Å². The van der Waals surface area contributed by atoms with E-state index < -0.39 is 0 Å². The van der Waals surface area contributed by atoms with Crippen LogP contribution in [0.25, 0.3) is 0 Å². The predicted molar refractivity (Wildman–Crippen MR) is 95.6 cm³/mol. The molecule has 0 fully saturated rings. The van der Waals surface area contributed by atoms with Crippen molar-refractivity contribution in [3.8, 4) is 5.75 Å². The summed E-state index contributed by atoms with van der Waals surface area (Å²) in [6.07, 6.45) is 11.7. The van der Waals surface area contributed by atoms with Gasteiger partial charge < -0.3 is 4.74 Å². The first-order chi connectivity index (χ1) is 10.5. The molecule has 0 aliphatic carbocycles. The molecular weight excluding hydrogens is 268 g/mol. The summed E-state index contributed by atoms with van der Waals surface area (Å²) >= 11 is 0. The Morgan fingerprint density at radius 1 is 0.909 bits per heavy atom. The van der Waals surface area contributed by atoms with Gasteiger partial charge in [0, 0.05) is 5.41 Å². The van der Waals surface area contributed by atoms with Gasteiger partial charge in [0.25, 0.3) is 0 Å². The minimum absolute atomic E-state index is 0.0666. The van der Waals surface area contributed by atoms with Crippen molar-refractivity contribution in [1.29, 1.82) is 0 Å². The monoisotopic (exact) mass is 302 g/mol. The van der Waals surface area contributed by atoms with Crippen LogP contribution in [-0.4, -0.2) is 5.60 Å². The van der Waals surface area contributed by atoms with Gasteiger partial charge in [0.15, 0.2) is 0 Å². The van der Waals surface area contributed by atoms with Crippen molar-refractivity contribution in [1.82, 2.24) is 0 Å². The zero-order valence-corrected chi connectivity index (χ0v) is 15.1. The topological polar surface area (TPSA) is 9.23 Å². The van der Waals surface area contributed by atoms with E-state index >= 15 is 0 Å². The molecule has 0 spiro atoms. The molecule has 0 unspecified atom stereocenters. The molecule has 0 aromatic heterocycles. The Morgan fingerprint density at radius 3 is 2.09 bits per heavy atom. The van der Waals surface area contributed by atoms with Crippen molar-refractivity contribution in [2.75, 3.05) is 0 Å². The lowest BCUT2D eigenvalue weighted by molar-refractivity contribution is -0.0633. The average molecular weight is 303 g/mol. The lowest BCUT2D eigenvalue weighted by Gasteiger charge is -2.51. The Morgan fingerprint density at radius 2 is 1.50 bits per heavy atom. The summed E-state index contributed by atoms with van der Waals surface area (Å²) < 4.78 is 6.50. The van der Waals surface area contributed by atoms with Gasteiger partial charge in [-0.15, -0.1) is 0 Å². The van der Waals surface area contributed by atoms with Crippen molar-refractivity contribution in [3.05, 3.63) is 29.8 Å². The first-order valence-electron chi connectivity index (χ1n) is 9.31. The summed E-state index contributed by atoms with van der Waals surface area (Å²) in [5, 5.41) is 0. The Balaban J connectivity index is 2.24. The Kier molecular flexibility index (Phi) is 5.94. The number of hydrogen-bond donors (Lipinski definition) is 0. The molecule has 2 rings (SSSR count). The largest absolute Gasteiger partial charge is 0.487 e. The van der Waals surface area contributed by atoms with Crippen molar-refractivity contribution in [2.45, 2.75) is 91.1 Å². The van der Waals surface area contributed by atoms with Crippen molar-refractivity contribution in [3.63, 3.8) is 0 Å². The van der Waals surface area contributed by atoms with Crippen molar-refractivity contribution >= 4 is 0 Å². The molecule has 0 amide bonds. The van der Waals surface area contributed by atoms with Crippen molar-refractivity contribution in [2.24, 2.45) is 5.41 Å². The van der Waals surface area contributed by atoms with Gasteiger partial charge in [-0.2, -0.15) is 0 Å². The second kappa shape index (κ2) is 7.53. The third-order valence-corrected chi connectivity index (χ3v) is 5.66. The predicted octanol–water partition coefficient (Wildman–Crippen LogP) is 6.55. The van der Waals surface area contributed by atoms with Crippen LogP contribution in [0.3, 0.4) is 0 Å². The van der Waals surface area contributed by atoms with E-state index in [4.69, 9.17) is 4.74 Å². The van der Waals surface area contributed by atoms with Crippen LogP contribution in [0.1, 0.15) is 84.6 Å². The van der Waals surface area contributed by atoms with Gasteiger partial charge in [-0.1, -0.05) is 70.6 Å². The number of ether oxygens (including phenoxy) is 1. The fourth-order valence-electron chi connectivity index (χ4n) is 4.04. The lowest BCUT2D eigenvalue weighted by atomic mass is 9.62. The van der Waals surface area contributed by atoms with Gasteiger partial charge in [-0.25, -0.2) is 0 Å². The van der Waals surface area contributed by atoms with Crippen LogP contribution in [0.15, 0.2) is 24.3 Å². The highest BCUT2D eigenvalue weighted by molar-refractivity contribution is 5.38. The van der Waals surface area contributed by atoms with E-state index in [1.165, 1.54) is 63.4 Å². The molecule has 1 aliphatic heterocycles. The second-order valence-electron chi connectivity index (χ2n) is 7.59. The summed E-state index contributed by atoms with van der Waals surface area (Å²) in [4.78, 5) is 0. The number of hydrogen-bond acceptors (Lipinski definition) is 1. The smallest absolute Gasteiger partial charge is 0.123 e. The van der Waals surface area contributed by atoms with E-state index in [-0.39, 0.29) is 5.60 Å². The maximum atomic E-state index is 6.50. The number of fused-ring (bicyclic) bond motifs is 1. The average Bonchev–Trinajstić information content (AvgIpc) is 2.48. The third kappa shape index (κ3) is 3.67. The normalized spacial score (nSPS) is 18.5. The van der Waals surface area contributed by atoms with Crippen LogP contribution >= 0.6 is 0 Å². The summed E-state index contributed by atoms with van der Waals surface area (Å²) in [7, 11) is 0. The number of unbranched alkanes of at least 4 members (excludes halogenated alkanes) is 4. The lowest BCUT2D eigenvalue weighted by Crippen LogP contribution is -2.52. The summed E-state index contributed by atoms with van der Waals surface area (Å²) in [5.74, 6) is 1.11. The van der Waals surface area contributed by atoms with Crippen LogP contribution in [0.2, 0.25) is 0 Å². The number of benzene rings is 1. The quantitative estimate of drug-likeness (QED) is 0.495. The van der Waals surface area contributed by atoms with Gasteiger partial charge in [0.05, 0.1) is 0 Å². The zero-order valence-electron chi connectivity index (χ0n) is 15.1. The van der Waals surface area contributed by atoms with Crippen LogP contribution in [-0.2, 0) is 6.42 Å². The molecule has 0 bridgehead atoms. The van der Waals surface area contributed by atoms with E-state index in [9.17, 15) is 0 Å². The van der Waals surface area contributed by atoms with Crippen LogP contribution in [0.4, 0.5) is 0 Å². The van der Waals surface area contributed by atoms with Gasteiger partial charge >= 0.3 is 0 Å². The summed E-state index contributed by atoms with van der Waals surface area (Å²) in [6, 6.07) is 8.65. The van der Waals surface area contributed by atoms with Gasteiger partial charge in [-0.05, 0) is 44.7 Å². The molecule has 1 nitrogen and oxygen atoms in total. The highest BCUT2D eigenvalue weighted by atomic mass is 16.5. The SMILES string of the molecule is CCCCCC1(CCCCC)Cc2ccccc2OC1(C)C. The first kappa shape index (κ1) is 17.4. The van der Waals surface area contributed by atoms with E-state index in [0.29, 0.717) is 5.41 Å². The summed E-state index contributed by atoms with van der Waals surface area (Å²) in [6.45, 7) is 9.23. The molecule has 0 radical (unpaired) electrons. The van der Waals surface area contributed by atoms with Crippen LogP contribution in [0.5, 0.6) is 5.75 Å². The molecule has 0 N–H and O–H groups in total. The molecule has 0 saturated heterocycles. The molecular formula is C21H34O. The fourth-order valence-corrected chi connectivity index (χ4v) is 4.04. The molecule has 1 aromatic carbocycles. The highest BCUT2D eigenvalue weighted by Gasteiger charge is 2.49. The maximum Gasteiger partial charge on any atom is 0.123 e. The number of rotatable bonds is 8. The summed E-state index contributed by atoms with van der Waals surface area (Å²) in [5.41, 5.74) is 1.64. The molecule has 1 heteroatoms. The van der Waals surface area contributed by atoms with E-state index in [1.807, 2.05) is 0 Å². The minimum atomic E-state index is -0.0666.